The van der Waals surface area contributed by atoms with Crippen LogP contribution in [0, 0.1) is 33.5 Å². The van der Waals surface area contributed by atoms with Crippen LogP contribution < -0.4 is 24.8 Å². The standard InChI is InChI=1S/C29H37.C14H9F3.C5H5.2ClH.Zr/c1-18-25-22-17-19-13-9-10-14-20(19)24(22)21-15-11-12-16-23(21)29(25,8)28(6,7)27(4,5)26(18,2)3;15-14(16,17)13-8-4-7-12(10-13)9-11-5-2-1-3-6-11;1-2-4-5-3-1;;;/h9-11,13-15,23H,12,16-17H2,1-8H3;1-8,10H;1-5H;2*1H;/q-1;;-1;;;+2/p-2. The summed E-state index contributed by atoms with van der Waals surface area (Å²) in [4.78, 5) is 0. The van der Waals surface area contributed by atoms with Crippen molar-refractivity contribution in [3.8, 4) is 0 Å². The molecule has 4 aromatic carbocycles. The molecule has 0 bridgehead atoms. The fourth-order valence-corrected chi connectivity index (χ4v) is 10.3. The Bertz CT molecular complexity index is 2010. The average Bonchev–Trinajstić information content (AvgIpc) is 3.84. The van der Waals surface area contributed by atoms with Crippen LogP contribution in [0.1, 0.15) is 96.0 Å². The molecular formula is C48H51Cl2F3Zr-2. The van der Waals surface area contributed by atoms with Crippen LogP contribution in [0.15, 0.2) is 138 Å². The minimum atomic E-state index is -4.29. The van der Waals surface area contributed by atoms with Crippen molar-refractivity contribution in [1.29, 1.82) is 0 Å². The van der Waals surface area contributed by atoms with Gasteiger partial charge in [0.25, 0.3) is 0 Å². The van der Waals surface area contributed by atoms with Crippen molar-refractivity contribution in [3.05, 3.63) is 172 Å². The van der Waals surface area contributed by atoms with Gasteiger partial charge in [0.05, 0.1) is 0 Å². The predicted molar refractivity (Wildman–Crippen MR) is 207 cm³/mol. The van der Waals surface area contributed by atoms with Gasteiger partial charge in [-0.25, -0.2) is 18.1 Å². The van der Waals surface area contributed by atoms with Crippen LogP contribution in [0.5, 0.6) is 0 Å². The molecule has 1 saturated carbocycles. The third-order valence-corrected chi connectivity index (χ3v) is 15.3. The van der Waals surface area contributed by atoms with Gasteiger partial charge in [-0.05, 0) is 40.6 Å². The van der Waals surface area contributed by atoms with Crippen molar-refractivity contribution < 1.29 is 62.2 Å². The quantitative estimate of drug-likeness (QED) is 0.188. The monoisotopic (exact) mass is 844 g/mol. The van der Waals surface area contributed by atoms with Crippen molar-refractivity contribution in [2.24, 2.45) is 27.6 Å². The van der Waals surface area contributed by atoms with Gasteiger partial charge in [0.2, 0.25) is 0 Å². The van der Waals surface area contributed by atoms with Gasteiger partial charge in [-0.2, -0.15) is 29.3 Å². The molecule has 0 nitrogen and oxygen atoms in total. The maximum atomic E-state index is 12.6. The van der Waals surface area contributed by atoms with E-state index < -0.39 is 11.7 Å². The number of fused-ring (bicyclic) bond motifs is 6. The first-order valence-electron chi connectivity index (χ1n) is 18.5. The summed E-state index contributed by atoms with van der Waals surface area (Å²) in [6.45, 7) is 20.3. The summed E-state index contributed by atoms with van der Waals surface area (Å²) in [5.41, 5.74) is 11.3. The van der Waals surface area contributed by atoms with Crippen LogP contribution in [0.2, 0.25) is 0 Å². The molecule has 2 unspecified atom stereocenters. The van der Waals surface area contributed by atoms with Crippen LogP contribution >= 0.6 is 0 Å². The summed E-state index contributed by atoms with van der Waals surface area (Å²) in [5.74, 6) is 2.24. The molecule has 284 valence electrons. The van der Waals surface area contributed by atoms with E-state index in [2.05, 4.69) is 91.8 Å². The molecule has 4 aliphatic rings. The Hall–Kier alpha value is -2.78. The molecule has 2 atom stereocenters. The first-order chi connectivity index (χ1) is 24.5. The Labute approximate surface area is 349 Å². The number of alkyl halides is 3. The van der Waals surface area contributed by atoms with Gasteiger partial charge in [0.15, 0.2) is 0 Å². The van der Waals surface area contributed by atoms with Crippen LogP contribution in [-0.2, 0) is 36.8 Å². The van der Waals surface area contributed by atoms with Crippen LogP contribution in [0.3, 0.4) is 0 Å². The Morgan fingerprint density at radius 1 is 0.778 bits per heavy atom. The third-order valence-electron chi connectivity index (χ3n) is 13.9. The van der Waals surface area contributed by atoms with E-state index in [1.165, 1.54) is 36.1 Å². The normalized spacial score (nSPS) is 22.4. The summed E-state index contributed by atoms with van der Waals surface area (Å²) in [6.07, 6.45) is 4.21. The van der Waals surface area contributed by atoms with Crippen molar-refractivity contribution in [2.75, 3.05) is 0 Å². The molecule has 4 aliphatic carbocycles. The number of halogens is 5. The van der Waals surface area contributed by atoms with E-state index >= 15 is 0 Å². The van der Waals surface area contributed by atoms with Gasteiger partial charge >= 0.3 is 118 Å². The Kier molecular flexibility index (Phi) is 13.3. The number of hydrogen-bond donors (Lipinski definition) is 0. The maximum Gasteiger partial charge on any atom is -0.172 e. The van der Waals surface area contributed by atoms with Gasteiger partial charge < -0.3 is 24.8 Å². The molecule has 0 N–H and O–H groups in total. The van der Waals surface area contributed by atoms with E-state index in [1.54, 1.807) is 34.3 Å². The zero-order chi connectivity index (χ0) is 37.7. The summed E-state index contributed by atoms with van der Waals surface area (Å²) in [5, 5.41) is 0. The molecule has 0 amide bonds. The van der Waals surface area contributed by atoms with Gasteiger partial charge in [0.1, 0.15) is 0 Å². The maximum absolute atomic E-state index is 12.6. The fourth-order valence-electron chi connectivity index (χ4n) is 9.51. The van der Waals surface area contributed by atoms with Gasteiger partial charge in [0, 0.05) is 0 Å². The van der Waals surface area contributed by atoms with Crippen LogP contribution in [0.4, 0.5) is 13.2 Å². The first-order valence-corrected chi connectivity index (χ1v) is 19.7. The van der Waals surface area contributed by atoms with Crippen molar-refractivity contribution in [1.82, 2.24) is 0 Å². The molecule has 0 radical (unpaired) electrons. The Morgan fingerprint density at radius 2 is 1.39 bits per heavy atom. The van der Waals surface area contributed by atoms with E-state index in [0.717, 1.165) is 45.5 Å². The average molecular weight is 847 g/mol. The molecule has 0 spiro atoms. The number of rotatable bonds is 2. The van der Waals surface area contributed by atoms with Crippen molar-refractivity contribution >= 4 is 8.78 Å². The zero-order valence-corrected chi connectivity index (χ0v) is 36.6. The first kappa shape index (κ1) is 43.9. The summed E-state index contributed by atoms with van der Waals surface area (Å²) in [7, 11) is 0. The van der Waals surface area contributed by atoms with Crippen molar-refractivity contribution in [2.45, 2.75) is 80.8 Å². The second-order valence-electron chi connectivity index (χ2n) is 16.5. The minimum Gasteiger partial charge on any atom is -1.00 e. The molecular weight excluding hydrogens is 796 g/mol. The van der Waals surface area contributed by atoms with E-state index in [4.69, 9.17) is 0 Å². The van der Waals surface area contributed by atoms with Crippen LogP contribution in [-0.4, -0.2) is 3.21 Å². The van der Waals surface area contributed by atoms with Gasteiger partial charge in [-0.3, -0.25) is 0 Å². The second-order valence-corrected chi connectivity index (χ2v) is 17.8. The predicted octanol–water partition coefficient (Wildman–Crippen LogP) is 7.20. The van der Waals surface area contributed by atoms with E-state index in [9.17, 15) is 13.2 Å². The van der Waals surface area contributed by atoms with Gasteiger partial charge in [-0.1, -0.05) is 113 Å². The topological polar surface area (TPSA) is 0 Å². The Morgan fingerprint density at radius 3 is 2.00 bits per heavy atom. The molecule has 0 heterocycles. The third kappa shape index (κ3) is 7.30. The zero-order valence-electron chi connectivity index (χ0n) is 32.6. The Balaban J connectivity index is 0.000000222. The van der Waals surface area contributed by atoms with E-state index in [0.29, 0.717) is 11.5 Å². The molecule has 0 aliphatic heterocycles. The molecule has 0 aromatic heterocycles. The molecule has 6 heteroatoms. The summed E-state index contributed by atoms with van der Waals surface area (Å²) >= 11 is 1.09. The summed E-state index contributed by atoms with van der Waals surface area (Å²) in [6, 6.07) is 34.1. The van der Waals surface area contributed by atoms with E-state index in [1.807, 2.05) is 60.7 Å². The number of benzene rings is 3. The van der Waals surface area contributed by atoms with Gasteiger partial charge in [-0.15, -0.1) is 6.92 Å². The molecule has 0 saturated heterocycles. The summed E-state index contributed by atoms with van der Waals surface area (Å²) < 4.78 is 38.8. The second kappa shape index (κ2) is 16.4. The largest absolute Gasteiger partial charge is 1.00 e. The van der Waals surface area contributed by atoms with Crippen molar-refractivity contribution in [3.63, 3.8) is 0 Å². The van der Waals surface area contributed by atoms with Crippen LogP contribution in [0.25, 0.3) is 5.57 Å². The molecule has 54 heavy (non-hydrogen) atoms. The number of allylic oxidation sites excluding steroid dienone is 6. The SMILES string of the molecule is C[C-]1C2=C3Cc4ccccc4C3=C3C=CCCC3C2(C)C(C)(C)C(C)(C)C1(C)C.FC(F)(F)c1cccc([C](=[Zr+2])c2ccccc2)c1.[Cl-].[Cl-].c1cc[cH-]c1. The smallest absolute Gasteiger partial charge is 0.172 e. The van der Waals surface area contributed by atoms with E-state index in [-0.39, 0.29) is 46.5 Å². The molecule has 8 rings (SSSR count). The fraction of sp³-hybridized carbons (Fsp3) is 0.354. The minimum absolute atomic E-state index is 0. The molecule has 4 aromatic rings. The molecule has 1 fully saturated rings. The number of hydrogen-bond acceptors (Lipinski definition) is 0.